The van der Waals surface area contributed by atoms with Crippen LogP contribution in [-0.4, -0.2) is 33.2 Å². The number of aromatic nitrogens is 3. The minimum Gasteiger partial charge on any atom is -0.444 e. The number of ether oxygens (including phenoxy) is 1. The monoisotopic (exact) mass is 226 g/mol. The summed E-state index contributed by atoms with van der Waals surface area (Å²) >= 11 is 0. The minimum atomic E-state index is -0.448. The molecule has 0 spiro atoms. The maximum absolute atomic E-state index is 11.3. The Balaban J connectivity index is 2.09. The zero-order chi connectivity index (χ0) is 12.0. The molecule has 1 amide bonds. The van der Waals surface area contributed by atoms with E-state index in [0.29, 0.717) is 6.54 Å². The lowest BCUT2D eigenvalue weighted by Gasteiger charge is -2.19. The molecule has 0 unspecified atom stereocenters. The van der Waals surface area contributed by atoms with Crippen molar-refractivity contribution >= 4 is 6.09 Å². The molecule has 0 aliphatic rings. The summed E-state index contributed by atoms with van der Waals surface area (Å²) in [6, 6.07) is 0. The van der Waals surface area contributed by atoms with Gasteiger partial charge in [0.05, 0.1) is 6.20 Å². The van der Waals surface area contributed by atoms with Crippen LogP contribution < -0.4 is 5.32 Å². The molecular weight excluding hydrogens is 208 g/mol. The van der Waals surface area contributed by atoms with Gasteiger partial charge in [-0.05, 0) is 27.2 Å². The van der Waals surface area contributed by atoms with E-state index in [9.17, 15) is 4.79 Å². The van der Waals surface area contributed by atoms with Gasteiger partial charge in [0.2, 0.25) is 0 Å². The molecule has 0 radical (unpaired) electrons. The van der Waals surface area contributed by atoms with Crippen molar-refractivity contribution in [2.45, 2.75) is 39.3 Å². The Morgan fingerprint density at radius 2 is 2.25 bits per heavy atom. The molecule has 0 atom stereocenters. The first-order valence-corrected chi connectivity index (χ1v) is 5.28. The molecule has 1 aromatic heterocycles. The van der Waals surface area contributed by atoms with Gasteiger partial charge in [0.1, 0.15) is 5.60 Å². The molecule has 0 saturated carbocycles. The molecule has 1 N–H and O–H groups in total. The lowest BCUT2D eigenvalue weighted by atomic mass is 10.2. The highest BCUT2D eigenvalue weighted by molar-refractivity contribution is 5.67. The van der Waals surface area contributed by atoms with Crippen LogP contribution in [0.15, 0.2) is 12.4 Å². The first kappa shape index (κ1) is 12.5. The maximum atomic E-state index is 11.3. The molecule has 6 heteroatoms. The van der Waals surface area contributed by atoms with E-state index in [1.54, 1.807) is 17.1 Å². The molecular formula is C10H18N4O2. The van der Waals surface area contributed by atoms with Crippen LogP contribution in [0.5, 0.6) is 0 Å². The number of amides is 1. The van der Waals surface area contributed by atoms with E-state index in [2.05, 4.69) is 15.6 Å². The second-order valence-electron chi connectivity index (χ2n) is 4.45. The fraction of sp³-hybridized carbons (Fsp3) is 0.700. The Bertz CT molecular complexity index is 316. The fourth-order valence-corrected chi connectivity index (χ4v) is 1.10. The van der Waals surface area contributed by atoms with E-state index < -0.39 is 5.60 Å². The smallest absolute Gasteiger partial charge is 0.407 e. The first-order valence-electron chi connectivity index (χ1n) is 5.28. The Kier molecular flexibility index (Phi) is 4.28. The van der Waals surface area contributed by atoms with Crippen LogP contribution in [0.4, 0.5) is 4.79 Å². The SMILES string of the molecule is CC(C)(C)OC(=O)NCCCn1ccnn1. The van der Waals surface area contributed by atoms with E-state index in [-0.39, 0.29) is 6.09 Å². The Labute approximate surface area is 95.0 Å². The van der Waals surface area contributed by atoms with Gasteiger partial charge in [0.25, 0.3) is 0 Å². The molecule has 0 bridgehead atoms. The minimum absolute atomic E-state index is 0.383. The summed E-state index contributed by atoms with van der Waals surface area (Å²) in [5.74, 6) is 0. The molecule has 0 aliphatic carbocycles. The molecule has 16 heavy (non-hydrogen) atoms. The molecule has 90 valence electrons. The highest BCUT2D eigenvalue weighted by atomic mass is 16.6. The van der Waals surface area contributed by atoms with Gasteiger partial charge < -0.3 is 10.1 Å². The standard InChI is InChI=1S/C10H18N4O2/c1-10(2,3)16-9(15)11-5-4-7-14-8-6-12-13-14/h6,8H,4-5,7H2,1-3H3,(H,11,15). The fourth-order valence-electron chi connectivity index (χ4n) is 1.10. The van der Waals surface area contributed by atoms with Gasteiger partial charge in [0.15, 0.2) is 0 Å². The van der Waals surface area contributed by atoms with Gasteiger partial charge >= 0.3 is 6.09 Å². The van der Waals surface area contributed by atoms with Crippen LogP contribution in [0, 0.1) is 0 Å². The summed E-state index contributed by atoms with van der Waals surface area (Å²) in [6.07, 6.45) is 3.82. The summed E-state index contributed by atoms with van der Waals surface area (Å²) in [7, 11) is 0. The number of nitrogens with zero attached hydrogens (tertiary/aromatic N) is 3. The second-order valence-corrected chi connectivity index (χ2v) is 4.45. The molecule has 0 saturated heterocycles. The van der Waals surface area contributed by atoms with Crippen LogP contribution in [0.25, 0.3) is 0 Å². The number of nitrogens with one attached hydrogen (secondary N) is 1. The van der Waals surface area contributed by atoms with Crippen LogP contribution >= 0.6 is 0 Å². The van der Waals surface area contributed by atoms with Crippen LogP contribution in [0.3, 0.4) is 0 Å². The van der Waals surface area contributed by atoms with Crippen molar-refractivity contribution in [2.24, 2.45) is 0 Å². The summed E-state index contributed by atoms with van der Waals surface area (Å²) in [6.45, 7) is 6.80. The Hall–Kier alpha value is -1.59. The summed E-state index contributed by atoms with van der Waals surface area (Å²) < 4.78 is 6.81. The zero-order valence-electron chi connectivity index (χ0n) is 9.93. The van der Waals surface area contributed by atoms with Crippen LogP contribution in [0.1, 0.15) is 27.2 Å². The second kappa shape index (κ2) is 5.48. The number of hydrogen-bond donors (Lipinski definition) is 1. The highest BCUT2D eigenvalue weighted by Crippen LogP contribution is 2.06. The van der Waals surface area contributed by atoms with Crippen molar-refractivity contribution in [1.29, 1.82) is 0 Å². The Morgan fingerprint density at radius 1 is 1.50 bits per heavy atom. The van der Waals surface area contributed by atoms with Gasteiger partial charge in [-0.2, -0.15) is 0 Å². The predicted octanol–water partition coefficient (Wildman–Crippen LogP) is 1.19. The third kappa shape index (κ3) is 5.33. The van der Waals surface area contributed by atoms with Crippen LogP contribution in [-0.2, 0) is 11.3 Å². The van der Waals surface area contributed by atoms with Crippen molar-refractivity contribution in [3.63, 3.8) is 0 Å². The van der Waals surface area contributed by atoms with Gasteiger partial charge in [-0.25, -0.2) is 4.79 Å². The summed E-state index contributed by atoms with van der Waals surface area (Å²) in [5.41, 5.74) is -0.448. The maximum Gasteiger partial charge on any atom is 0.407 e. The number of alkyl carbamates (subject to hydrolysis) is 1. The summed E-state index contributed by atoms with van der Waals surface area (Å²) in [4.78, 5) is 11.3. The van der Waals surface area contributed by atoms with Crippen molar-refractivity contribution in [3.05, 3.63) is 12.4 Å². The van der Waals surface area contributed by atoms with Gasteiger partial charge in [-0.1, -0.05) is 5.21 Å². The zero-order valence-corrected chi connectivity index (χ0v) is 9.93. The lowest BCUT2D eigenvalue weighted by Crippen LogP contribution is -2.33. The highest BCUT2D eigenvalue weighted by Gasteiger charge is 2.15. The van der Waals surface area contributed by atoms with E-state index in [0.717, 1.165) is 13.0 Å². The molecule has 6 nitrogen and oxygen atoms in total. The lowest BCUT2D eigenvalue weighted by molar-refractivity contribution is 0.0526. The molecule has 1 heterocycles. The summed E-state index contributed by atoms with van der Waals surface area (Å²) in [5, 5.41) is 10.2. The van der Waals surface area contributed by atoms with Gasteiger partial charge in [0, 0.05) is 19.3 Å². The number of rotatable bonds is 4. The quantitative estimate of drug-likeness (QED) is 0.783. The molecule has 0 fully saturated rings. The average molecular weight is 226 g/mol. The van der Waals surface area contributed by atoms with E-state index in [4.69, 9.17) is 4.74 Å². The largest absolute Gasteiger partial charge is 0.444 e. The third-order valence-corrected chi connectivity index (χ3v) is 1.70. The van der Waals surface area contributed by atoms with Crippen molar-refractivity contribution in [3.8, 4) is 0 Å². The molecule has 1 aromatic rings. The van der Waals surface area contributed by atoms with E-state index in [1.165, 1.54) is 0 Å². The number of aryl methyl sites for hydroxylation is 1. The number of carbonyl (C=O) groups excluding carboxylic acids is 1. The molecule has 0 aromatic carbocycles. The number of hydrogen-bond acceptors (Lipinski definition) is 4. The van der Waals surface area contributed by atoms with Crippen molar-refractivity contribution in [1.82, 2.24) is 20.3 Å². The average Bonchev–Trinajstić information content (AvgIpc) is 2.62. The molecule has 0 aliphatic heterocycles. The van der Waals surface area contributed by atoms with Crippen molar-refractivity contribution < 1.29 is 9.53 Å². The predicted molar refractivity (Wildman–Crippen MR) is 58.9 cm³/mol. The van der Waals surface area contributed by atoms with Crippen molar-refractivity contribution in [2.75, 3.05) is 6.54 Å². The van der Waals surface area contributed by atoms with Gasteiger partial charge in [-0.3, -0.25) is 4.68 Å². The topological polar surface area (TPSA) is 69.0 Å². The Morgan fingerprint density at radius 3 is 2.81 bits per heavy atom. The van der Waals surface area contributed by atoms with Crippen LogP contribution in [0.2, 0.25) is 0 Å². The normalized spacial score (nSPS) is 11.2. The first-order chi connectivity index (χ1) is 7.47. The van der Waals surface area contributed by atoms with E-state index in [1.807, 2.05) is 20.8 Å². The third-order valence-electron chi connectivity index (χ3n) is 1.70. The molecule has 1 rings (SSSR count). The van der Waals surface area contributed by atoms with E-state index >= 15 is 0 Å². The van der Waals surface area contributed by atoms with Gasteiger partial charge in [-0.15, -0.1) is 5.10 Å². The number of carbonyl (C=O) groups is 1.